The van der Waals surface area contributed by atoms with Crippen molar-refractivity contribution < 1.29 is 9.47 Å². The number of ether oxygens (including phenoxy) is 2. The van der Waals surface area contributed by atoms with Gasteiger partial charge in [-0.05, 0) is 111 Å². The molecule has 1 aliphatic rings. The second kappa shape index (κ2) is 11.5. The summed E-state index contributed by atoms with van der Waals surface area (Å²) in [6.07, 6.45) is 1.82. The van der Waals surface area contributed by atoms with Crippen LogP contribution in [0.15, 0.2) is 97.2 Å². The summed E-state index contributed by atoms with van der Waals surface area (Å²) in [5.41, 5.74) is 7.19. The predicted octanol–water partition coefficient (Wildman–Crippen LogP) is 8.43. The van der Waals surface area contributed by atoms with Gasteiger partial charge in [-0.15, -0.1) is 0 Å². The van der Waals surface area contributed by atoms with Gasteiger partial charge in [-0.25, -0.2) is 0 Å². The molecule has 0 spiro atoms. The Morgan fingerprint density at radius 3 is 2.26 bits per heavy atom. The van der Waals surface area contributed by atoms with E-state index >= 15 is 0 Å². The molecular weight excluding hydrogens is 564 g/mol. The first-order chi connectivity index (χ1) is 20.3. The first-order valence-electron chi connectivity index (χ1n) is 13.7. The number of hydrogen-bond acceptors (Lipinski definition) is 4. The van der Waals surface area contributed by atoms with Crippen LogP contribution in [0.25, 0.3) is 5.69 Å². The Bertz CT molecular complexity index is 1740. The van der Waals surface area contributed by atoms with Crippen molar-refractivity contribution in [3.8, 4) is 22.9 Å². The second-order valence-electron chi connectivity index (χ2n) is 10.4. The largest absolute Gasteiger partial charge is 0.495 e. The van der Waals surface area contributed by atoms with E-state index in [4.69, 9.17) is 38.3 Å². The highest BCUT2D eigenvalue weighted by molar-refractivity contribution is 7.80. The molecule has 3 heterocycles. The van der Waals surface area contributed by atoms with Crippen LogP contribution >= 0.6 is 23.8 Å². The summed E-state index contributed by atoms with van der Waals surface area (Å²) in [5, 5.41) is 4.84. The van der Waals surface area contributed by atoms with Gasteiger partial charge in [0.05, 0.1) is 30.6 Å². The molecule has 6 rings (SSSR count). The van der Waals surface area contributed by atoms with Crippen LogP contribution in [0.3, 0.4) is 0 Å². The average molecular weight is 595 g/mol. The summed E-state index contributed by atoms with van der Waals surface area (Å²) in [7, 11) is 1.67. The Balaban J connectivity index is 1.43. The van der Waals surface area contributed by atoms with Gasteiger partial charge in [0, 0.05) is 28.3 Å². The van der Waals surface area contributed by atoms with E-state index in [1.807, 2.05) is 91.1 Å². The molecule has 6 nitrogen and oxygen atoms in total. The SMILES string of the molecule is COc1ccc(Cl)cc1-n1c(C)cc([C@H]2[C@H](c3ccccn3)NC(=S)N2c2ccc(Oc3ccc(C)cc3)cc2)c1C. The van der Waals surface area contributed by atoms with Gasteiger partial charge in [-0.3, -0.25) is 4.98 Å². The molecule has 0 radical (unpaired) electrons. The summed E-state index contributed by atoms with van der Waals surface area (Å²) >= 11 is 12.4. The van der Waals surface area contributed by atoms with Gasteiger partial charge in [0.25, 0.3) is 0 Å². The lowest BCUT2D eigenvalue weighted by molar-refractivity contribution is 0.412. The van der Waals surface area contributed by atoms with Crippen LogP contribution in [0, 0.1) is 20.8 Å². The lowest BCUT2D eigenvalue weighted by Gasteiger charge is -2.28. The topological polar surface area (TPSA) is 51.5 Å². The van der Waals surface area contributed by atoms with Gasteiger partial charge in [0.1, 0.15) is 17.2 Å². The highest BCUT2D eigenvalue weighted by atomic mass is 35.5. The summed E-state index contributed by atoms with van der Waals surface area (Å²) in [4.78, 5) is 6.88. The number of aromatic nitrogens is 2. The standard InChI is InChI=1S/C34H31ClN4O2S/c1-21-8-13-26(14-9-21)41-27-15-11-25(12-16-27)39-33(32(37-34(39)42)29-7-5-6-18-36-29)28-19-22(2)38(23(28)3)30-20-24(35)10-17-31(30)40-4/h5-20,32-33H,1-4H3,(H,37,42)/t32-,33-/m0/s1. The fraction of sp³-hybridized carbons (Fsp3) is 0.176. The molecule has 3 aromatic carbocycles. The molecule has 0 aliphatic carbocycles. The third-order valence-corrected chi connectivity index (χ3v) is 8.19. The molecule has 1 fully saturated rings. The minimum absolute atomic E-state index is 0.165. The smallest absolute Gasteiger partial charge is 0.174 e. The van der Waals surface area contributed by atoms with E-state index in [2.05, 4.69) is 41.6 Å². The van der Waals surface area contributed by atoms with Crippen molar-refractivity contribution in [2.75, 3.05) is 12.0 Å². The lowest BCUT2D eigenvalue weighted by Crippen LogP contribution is -2.29. The summed E-state index contributed by atoms with van der Waals surface area (Å²) in [6.45, 7) is 6.27. The molecule has 0 bridgehead atoms. The third kappa shape index (κ3) is 5.22. The van der Waals surface area contributed by atoms with Gasteiger partial charge in [-0.1, -0.05) is 35.4 Å². The van der Waals surface area contributed by atoms with Gasteiger partial charge in [0.15, 0.2) is 5.11 Å². The van der Waals surface area contributed by atoms with Crippen LogP contribution in [-0.2, 0) is 0 Å². The van der Waals surface area contributed by atoms with Crippen LogP contribution in [0.1, 0.15) is 40.3 Å². The van der Waals surface area contributed by atoms with E-state index < -0.39 is 0 Å². The third-order valence-electron chi connectivity index (χ3n) is 7.64. The molecule has 5 aromatic rings. The Hall–Kier alpha value is -4.33. The zero-order valence-corrected chi connectivity index (χ0v) is 25.4. The minimum Gasteiger partial charge on any atom is -0.495 e. The Labute approximate surface area is 256 Å². The van der Waals surface area contributed by atoms with Crippen molar-refractivity contribution >= 4 is 34.6 Å². The highest BCUT2D eigenvalue weighted by Crippen LogP contribution is 2.44. The number of nitrogens with one attached hydrogen (secondary N) is 1. The van der Waals surface area contributed by atoms with E-state index in [1.54, 1.807) is 7.11 Å². The van der Waals surface area contributed by atoms with Gasteiger partial charge < -0.3 is 24.3 Å². The number of aryl methyl sites for hydroxylation is 2. The second-order valence-corrected chi connectivity index (χ2v) is 11.2. The van der Waals surface area contributed by atoms with Crippen LogP contribution in [0.4, 0.5) is 5.69 Å². The molecule has 2 aromatic heterocycles. The predicted molar refractivity (Wildman–Crippen MR) is 172 cm³/mol. The first kappa shape index (κ1) is 27.8. The Morgan fingerprint density at radius 2 is 1.60 bits per heavy atom. The van der Waals surface area contributed by atoms with Gasteiger partial charge in [0.2, 0.25) is 0 Å². The van der Waals surface area contributed by atoms with Gasteiger partial charge >= 0.3 is 0 Å². The van der Waals surface area contributed by atoms with Crippen molar-refractivity contribution in [2.45, 2.75) is 32.9 Å². The average Bonchev–Trinajstić information content (AvgIpc) is 3.49. The molecule has 1 saturated heterocycles. The zero-order valence-electron chi connectivity index (χ0n) is 23.8. The molecule has 42 heavy (non-hydrogen) atoms. The number of thiocarbonyl (C=S) groups is 1. The molecule has 212 valence electrons. The normalized spacial score (nSPS) is 16.4. The van der Waals surface area contributed by atoms with E-state index in [1.165, 1.54) is 5.56 Å². The number of nitrogens with zero attached hydrogens (tertiary/aromatic N) is 3. The quantitative estimate of drug-likeness (QED) is 0.191. The van der Waals surface area contributed by atoms with Crippen LogP contribution in [0.2, 0.25) is 5.02 Å². The number of rotatable bonds is 7. The molecule has 2 atom stereocenters. The maximum absolute atomic E-state index is 6.44. The molecule has 1 aliphatic heterocycles. The van der Waals surface area contributed by atoms with Crippen LogP contribution < -0.4 is 19.7 Å². The van der Waals surface area contributed by atoms with E-state index in [0.717, 1.165) is 51.3 Å². The summed E-state index contributed by atoms with van der Waals surface area (Å²) in [6, 6.07) is 29.6. The molecular formula is C34H31ClN4O2S. The van der Waals surface area contributed by atoms with E-state index in [-0.39, 0.29) is 12.1 Å². The van der Waals surface area contributed by atoms with Crippen molar-refractivity contribution in [3.63, 3.8) is 0 Å². The molecule has 0 saturated carbocycles. The molecule has 0 amide bonds. The van der Waals surface area contributed by atoms with Gasteiger partial charge in [-0.2, -0.15) is 0 Å². The molecule has 1 N–H and O–H groups in total. The van der Waals surface area contributed by atoms with Crippen molar-refractivity contribution in [3.05, 3.63) is 130 Å². The van der Waals surface area contributed by atoms with Crippen LogP contribution in [0.5, 0.6) is 17.2 Å². The Kier molecular flexibility index (Phi) is 7.62. The molecule has 0 unspecified atom stereocenters. The number of halogens is 1. The maximum Gasteiger partial charge on any atom is 0.174 e. The first-order valence-corrected chi connectivity index (χ1v) is 14.5. The van der Waals surface area contributed by atoms with Crippen molar-refractivity contribution in [2.24, 2.45) is 0 Å². The van der Waals surface area contributed by atoms with Crippen molar-refractivity contribution in [1.29, 1.82) is 0 Å². The monoisotopic (exact) mass is 594 g/mol. The number of hydrogen-bond donors (Lipinski definition) is 1. The number of anilines is 1. The minimum atomic E-state index is -0.169. The summed E-state index contributed by atoms with van der Waals surface area (Å²) < 4.78 is 14.0. The summed E-state index contributed by atoms with van der Waals surface area (Å²) in [5.74, 6) is 2.29. The number of methoxy groups -OCH3 is 1. The maximum atomic E-state index is 6.44. The van der Waals surface area contributed by atoms with Crippen molar-refractivity contribution in [1.82, 2.24) is 14.9 Å². The lowest BCUT2D eigenvalue weighted by atomic mass is 9.96. The number of benzene rings is 3. The molecule has 8 heteroatoms. The zero-order chi connectivity index (χ0) is 29.4. The fourth-order valence-electron chi connectivity index (χ4n) is 5.66. The van der Waals surface area contributed by atoms with E-state index in [9.17, 15) is 0 Å². The number of pyridine rings is 1. The van der Waals surface area contributed by atoms with Crippen LogP contribution in [-0.4, -0.2) is 21.8 Å². The van der Waals surface area contributed by atoms with E-state index in [0.29, 0.717) is 10.1 Å². The highest BCUT2D eigenvalue weighted by Gasteiger charge is 2.42. The Morgan fingerprint density at radius 1 is 0.881 bits per heavy atom. The fourth-order valence-corrected chi connectivity index (χ4v) is 6.17.